The zero-order valence-corrected chi connectivity index (χ0v) is 10.6. The van der Waals surface area contributed by atoms with Crippen LogP contribution in [0.4, 0.5) is 5.69 Å². The zero-order valence-electron chi connectivity index (χ0n) is 10.6. The summed E-state index contributed by atoms with van der Waals surface area (Å²) in [4.78, 5) is 21.1. The van der Waals surface area contributed by atoms with Crippen molar-refractivity contribution in [1.29, 1.82) is 0 Å². The lowest BCUT2D eigenvalue weighted by molar-refractivity contribution is -0.385. The lowest BCUT2D eigenvalue weighted by atomic mass is 10.1. The molecule has 0 saturated heterocycles. The molecule has 19 heavy (non-hydrogen) atoms. The molecule has 1 aromatic carbocycles. The average molecular weight is 269 g/mol. The van der Waals surface area contributed by atoms with Crippen molar-refractivity contribution in [3.8, 4) is 5.75 Å². The summed E-state index contributed by atoms with van der Waals surface area (Å²) in [6, 6.07) is 3.75. The number of carboxylic acids is 1. The molecule has 1 atom stereocenters. The molecule has 0 bridgehead atoms. The number of aliphatic hydroxyl groups is 1. The summed E-state index contributed by atoms with van der Waals surface area (Å²) in [5.41, 5.74) is -2.18. The van der Waals surface area contributed by atoms with Gasteiger partial charge in [0, 0.05) is 6.07 Å². The second kappa shape index (κ2) is 5.66. The molecule has 0 heterocycles. The molecule has 0 aliphatic heterocycles. The lowest BCUT2D eigenvalue weighted by Crippen LogP contribution is -2.31. The molecule has 0 aliphatic rings. The maximum absolute atomic E-state index is 11.1. The average Bonchev–Trinajstić information content (AvgIpc) is 2.35. The molecular weight excluding hydrogens is 254 g/mol. The van der Waals surface area contributed by atoms with Crippen molar-refractivity contribution >= 4 is 11.7 Å². The van der Waals surface area contributed by atoms with Crippen LogP contribution >= 0.6 is 0 Å². The van der Waals surface area contributed by atoms with Crippen molar-refractivity contribution in [2.45, 2.75) is 25.9 Å². The van der Waals surface area contributed by atoms with Crippen LogP contribution in [0.5, 0.6) is 5.75 Å². The summed E-state index contributed by atoms with van der Waals surface area (Å²) < 4.78 is 5.21. The molecule has 7 nitrogen and oxygen atoms in total. The SMILES string of the molecule is CCC(C)(O)COc1cccc([N+](=O)[O-])c1C(=O)O. The van der Waals surface area contributed by atoms with Crippen molar-refractivity contribution in [3.63, 3.8) is 0 Å². The van der Waals surface area contributed by atoms with Gasteiger partial charge in [-0.1, -0.05) is 13.0 Å². The van der Waals surface area contributed by atoms with E-state index in [1.165, 1.54) is 19.1 Å². The molecule has 1 rings (SSSR count). The maximum Gasteiger partial charge on any atom is 0.346 e. The summed E-state index contributed by atoms with van der Waals surface area (Å²) >= 11 is 0. The van der Waals surface area contributed by atoms with Gasteiger partial charge in [-0.05, 0) is 19.4 Å². The van der Waals surface area contributed by atoms with Gasteiger partial charge in [0.15, 0.2) is 5.56 Å². The quantitative estimate of drug-likeness (QED) is 0.602. The van der Waals surface area contributed by atoms with Crippen LogP contribution in [0.3, 0.4) is 0 Å². The Bertz CT molecular complexity index is 497. The molecule has 0 aliphatic carbocycles. The number of carbonyl (C=O) groups is 1. The lowest BCUT2D eigenvalue weighted by Gasteiger charge is -2.21. The molecule has 0 aromatic heterocycles. The minimum absolute atomic E-state index is 0.129. The Morgan fingerprint density at radius 2 is 2.16 bits per heavy atom. The highest BCUT2D eigenvalue weighted by Crippen LogP contribution is 2.29. The van der Waals surface area contributed by atoms with E-state index in [0.717, 1.165) is 6.07 Å². The first kappa shape index (κ1) is 14.9. The third-order valence-corrected chi connectivity index (χ3v) is 2.72. The van der Waals surface area contributed by atoms with E-state index in [1.807, 2.05) is 0 Å². The number of hydrogen-bond donors (Lipinski definition) is 2. The van der Waals surface area contributed by atoms with Crippen LogP contribution in [0.25, 0.3) is 0 Å². The van der Waals surface area contributed by atoms with E-state index in [4.69, 9.17) is 9.84 Å². The van der Waals surface area contributed by atoms with Crippen molar-refractivity contribution < 1.29 is 24.7 Å². The second-order valence-electron chi connectivity index (χ2n) is 4.35. The Morgan fingerprint density at radius 1 is 1.53 bits per heavy atom. The van der Waals surface area contributed by atoms with Gasteiger partial charge in [-0.3, -0.25) is 10.1 Å². The number of nitrogens with zero attached hydrogens (tertiary/aromatic N) is 1. The highest BCUT2D eigenvalue weighted by molar-refractivity contribution is 5.95. The number of rotatable bonds is 6. The van der Waals surface area contributed by atoms with E-state index >= 15 is 0 Å². The number of nitro benzene ring substituents is 1. The monoisotopic (exact) mass is 269 g/mol. The van der Waals surface area contributed by atoms with Crippen molar-refractivity contribution in [2.24, 2.45) is 0 Å². The zero-order chi connectivity index (χ0) is 14.6. The van der Waals surface area contributed by atoms with Gasteiger partial charge in [-0.25, -0.2) is 4.79 Å². The predicted octanol–water partition coefficient (Wildman–Crippen LogP) is 1.83. The van der Waals surface area contributed by atoms with Crippen LogP contribution in [0, 0.1) is 10.1 Å². The standard InChI is InChI=1S/C12H15NO6/c1-3-12(2,16)7-19-9-6-4-5-8(13(17)18)10(9)11(14)15/h4-6,16H,3,7H2,1-2H3,(H,14,15). The summed E-state index contributed by atoms with van der Waals surface area (Å²) in [6.45, 7) is 3.13. The molecule has 1 aromatic rings. The number of ether oxygens (including phenoxy) is 1. The Kier molecular flexibility index (Phi) is 4.44. The maximum atomic E-state index is 11.1. The molecule has 1 unspecified atom stereocenters. The fourth-order valence-electron chi connectivity index (χ4n) is 1.34. The molecule has 0 spiro atoms. The highest BCUT2D eigenvalue weighted by atomic mass is 16.6. The van der Waals surface area contributed by atoms with Crippen LogP contribution in [0.15, 0.2) is 18.2 Å². The minimum Gasteiger partial charge on any atom is -0.489 e. The first-order chi connectivity index (χ1) is 8.78. The first-order valence-corrected chi connectivity index (χ1v) is 5.64. The van der Waals surface area contributed by atoms with Gasteiger partial charge in [0.1, 0.15) is 12.4 Å². The number of aromatic carboxylic acids is 1. The molecule has 104 valence electrons. The van der Waals surface area contributed by atoms with Crippen LogP contribution in [0.1, 0.15) is 30.6 Å². The van der Waals surface area contributed by atoms with E-state index in [9.17, 15) is 20.0 Å². The van der Waals surface area contributed by atoms with Gasteiger partial charge < -0.3 is 14.9 Å². The van der Waals surface area contributed by atoms with E-state index in [1.54, 1.807) is 6.92 Å². The third-order valence-electron chi connectivity index (χ3n) is 2.72. The normalized spacial score (nSPS) is 13.6. The summed E-state index contributed by atoms with van der Waals surface area (Å²) in [7, 11) is 0. The smallest absolute Gasteiger partial charge is 0.346 e. The fourth-order valence-corrected chi connectivity index (χ4v) is 1.34. The van der Waals surface area contributed by atoms with Gasteiger partial charge in [0.05, 0.1) is 10.5 Å². The summed E-state index contributed by atoms with van der Waals surface area (Å²) in [5, 5.41) is 29.6. The van der Waals surface area contributed by atoms with E-state index in [-0.39, 0.29) is 12.4 Å². The Labute approximate surface area is 109 Å². The number of benzene rings is 1. The highest BCUT2D eigenvalue weighted by Gasteiger charge is 2.26. The molecule has 0 amide bonds. The van der Waals surface area contributed by atoms with E-state index < -0.39 is 27.7 Å². The second-order valence-corrected chi connectivity index (χ2v) is 4.35. The van der Waals surface area contributed by atoms with Crippen LogP contribution < -0.4 is 4.74 Å². The molecule has 0 saturated carbocycles. The van der Waals surface area contributed by atoms with Gasteiger partial charge >= 0.3 is 5.97 Å². The van der Waals surface area contributed by atoms with Crippen LogP contribution in [-0.4, -0.2) is 33.3 Å². The number of hydrogen-bond acceptors (Lipinski definition) is 5. The minimum atomic E-state index is -1.45. The van der Waals surface area contributed by atoms with Gasteiger partial charge in [0.2, 0.25) is 0 Å². The molecule has 0 radical (unpaired) electrons. The van der Waals surface area contributed by atoms with Crippen molar-refractivity contribution in [1.82, 2.24) is 0 Å². The largest absolute Gasteiger partial charge is 0.489 e. The topological polar surface area (TPSA) is 110 Å². The Hall–Kier alpha value is -2.15. The van der Waals surface area contributed by atoms with Crippen LogP contribution in [-0.2, 0) is 0 Å². The van der Waals surface area contributed by atoms with Gasteiger partial charge in [0.25, 0.3) is 5.69 Å². The van der Waals surface area contributed by atoms with Gasteiger partial charge in [-0.15, -0.1) is 0 Å². The Balaban J connectivity index is 3.11. The van der Waals surface area contributed by atoms with Crippen LogP contribution in [0.2, 0.25) is 0 Å². The third kappa shape index (κ3) is 3.65. The molecule has 7 heteroatoms. The van der Waals surface area contributed by atoms with Gasteiger partial charge in [-0.2, -0.15) is 0 Å². The predicted molar refractivity (Wildman–Crippen MR) is 66.5 cm³/mol. The first-order valence-electron chi connectivity index (χ1n) is 5.64. The number of carboxylic acid groups (broad SMARTS) is 1. The Morgan fingerprint density at radius 3 is 2.63 bits per heavy atom. The van der Waals surface area contributed by atoms with Crippen molar-refractivity contribution in [2.75, 3.05) is 6.61 Å². The molecule has 0 fully saturated rings. The van der Waals surface area contributed by atoms with E-state index in [2.05, 4.69) is 0 Å². The summed E-state index contributed by atoms with van der Waals surface area (Å²) in [6.07, 6.45) is 0.407. The summed E-state index contributed by atoms with van der Waals surface area (Å²) in [5.74, 6) is -1.58. The molecule has 2 N–H and O–H groups in total. The molecular formula is C12H15NO6. The van der Waals surface area contributed by atoms with Crippen molar-refractivity contribution in [3.05, 3.63) is 33.9 Å². The number of nitro groups is 1. The fraction of sp³-hybridized carbons (Fsp3) is 0.417. The van der Waals surface area contributed by atoms with E-state index in [0.29, 0.717) is 6.42 Å².